The van der Waals surface area contributed by atoms with E-state index in [-0.39, 0.29) is 11.9 Å². The van der Waals surface area contributed by atoms with Crippen molar-refractivity contribution in [2.24, 2.45) is 0 Å². The minimum absolute atomic E-state index is 0.00699. The lowest BCUT2D eigenvalue weighted by Crippen LogP contribution is -2.35. The number of aromatic nitrogens is 2. The van der Waals surface area contributed by atoms with Crippen LogP contribution in [0.15, 0.2) is 12.4 Å². The van der Waals surface area contributed by atoms with Crippen molar-refractivity contribution < 1.29 is 4.79 Å². The molecule has 2 rings (SSSR count). The van der Waals surface area contributed by atoms with Crippen molar-refractivity contribution in [1.82, 2.24) is 15.3 Å². The topological polar surface area (TPSA) is 69.8 Å². The number of rotatable bonds is 2. The van der Waals surface area contributed by atoms with Crippen molar-refractivity contribution in [1.29, 1.82) is 0 Å². The Balaban J connectivity index is 1.91. The standard InChI is InChI=1S/C8H12N4O/c13-7(6-2-1-3-9-6)12-8-10-4-5-11-8/h4-6,9H,1-3H2,(H2,10,11,12,13)/t6-/m1/s1. The number of nitrogens with one attached hydrogen (secondary N) is 3. The maximum absolute atomic E-state index is 11.5. The molecule has 2 heterocycles. The molecule has 1 saturated heterocycles. The van der Waals surface area contributed by atoms with Gasteiger partial charge in [0.25, 0.3) is 0 Å². The zero-order valence-corrected chi connectivity index (χ0v) is 7.21. The van der Waals surface area contributed by atoms with Crippen molar-refractivity contribution in [3.8, 4) is 0 Å². The van der Waals surface area contributed by atoms with Crippen LogP contribution in [0.5, 0.6) is 0 Å². The van der Waals surface area contributed by atoms with Crippen LogP contribution in [0.4, 0.5) is 5.95 Å². The largest absolute Gasteiger partial charge is 0.331 e. The van der Waals surface area contributed by atoms with Crippen molar-refractivity contribution in [3.63, 3.8) is 0 Å². The third kappa shape index (κ3) is 1.86. The van der Waals surface area contributed by atoms with E-state index in [1.54, 1.807) is 12.4 Å². The number of carbonyl (C=O) groups excluding carboxylic acids is 1. The number of H-pyrrole nitrogens is 1. The van der Waals surface area contributed by atoms with Gasteiger partial charge in [0.15, 0.2) is 0 Å². The molecule has 0 aliphatic carbocycles. The number of imidazole rings is 1. The van der Waals surface area contributed by atoms with Crippen LogP contribution in [0.2, 0.25) is 0 Å². The van der Waals surface area contributed by atoms with E-state index in [9.17, 15) is 4.79 Å². The average molecular weight is 180 g/mol. The fourth-order valence-electron chi connectivity index (χ4n) is 1.45. The predicted octanol–water partition coefficient (Wildman–Crippen LogP) is 0.100. The molecule has 0 spiro atoms. The molecule has 5 nitrogen and oxygen atoms in total. The molecule has 13 heavy (non-hydrogen) atoms. The van der Waals surface area contributed by atoms with E-state index in [0.29, 0.717) is 5.95 Å². The molecule has 5 heteroatoms. The number of hydrogen-bond donors (Lipinski definition) is 3. The second kappa shape index (κ2) is 3.57. The normalized spacial score (nSPS) is 21.7. The molecule has 0 radical (unpaired) electrons. The van der Waals surface area contributed by atoms with Gasteiger partial charge in [-0.1, -0.05) is 0 Å². The number of hydrogen-bond acceptors (Lipinski definition) is 3. The summed E-state index contributed by atoms with van der Waals surface area (Å²) in [6.45, 7) is 0.927. The van der Waals surface area contributed by atoms with Crippen molar-refractivity contribution in [3.05, 3.63) is 12.4 Å². The average Bonchev–Trinajstić information content (AvgIpc) is 2.74. The molecule has 0 unspecified atom stereocenters. The summed E-state index contributed by atoms with van der Waals surface area (Å²) in [5.74, 6) is 0.506. The molecule has 1 fully saturated rings. The van der Waals surface area contributed by atoms with Gasteiger partial charge in [-0.15, -0.1) is 0 Å². The number of aromatic amines is 1. The highest BCUT2D eigenvalue weighted by atomic mass is 16.2. The number of anilines is 1. The second-order valence-corrected chi connectivity index (χ2v) is 3.08. The number of carbonyl (C=O) groups is 1. The zero-order chi connectivity index (χ0) is 9.10. The molecule has 1 aromatic heterocycles. The van der Waals surface area contributed by atoms with Crippen LogP contribution in [0.1, 0.15) is 12.8 Å². The van der Waals surface area contributed by atoms with Crippen LogP contribution >= 0.6 is 0 Å². The molecule has 3 N–H and O–H groups in total. The lowest BCUT2D eigenvalue weighted by molar-refractivity contribution is -0.117. The van der Waals surface area contributed by atoms with E-state index in [0.717, 1.165) is 19.4 Å². The molecule has 1 atom stereocenters. The molecular formula is C8H12N4O. The number of nitrogens with zero attached hydrogens (tertiary/aromatic N) is 1. The molecule has 0 bridgehead atoms. The minimum Gasteiger partial charge on any atom is -0.331 e. The molecule has 0 saturated carbocycles. The summed E-state index contributed by atoms with van der Waals surface area (Å²) in [7, 11) is 0. The maximum atomic E-state index is 11.5. The van der Waals surface area contributed by atoms with E-state index in [2.05, 4.69) is 20.6 Å². The van der Waals surface area contributed by atoms with Crippen molar-refractivity contribution in [2.45, 2.75) is 18.9 Å². The van der Waals surface area contributed by atoms with Crippen LogP contribution in [-0.2, 0) is 4.79 Å². The van der Waals surface area contributed by atoms with E-state index < -0.39 is 0 Å². The Morgan fingerprint density at radius 1 is 1.69 bits per heavy atom. The highest BCUT2D eigenvalue weighted by Gasteiger charge is 2.22. The maximum Gasteiger partial charge on any atom is 0.243 e. The predicted molar refractivity (Wildman–Crippen MR) is 48.2 cm³/mol. The molecule has 0 aromatic carbocycles. The van der Waals surface area contributed by atoms with Gasteiger partial charge in [0.1, 0.15) is 0 Å². The Morgan fingerprint density at radius 3 is 3.23 bits per heavy atom. The smallest absolute Gasteiger partial charge is 0.243 e. The zero-order valence-electron chi connectivity index (χ0n) is 7.21. The van der Waals surface area contributed by atoms with Gasteiger partial charge in [0, 0.05) is 12.4 Å². The summed E-state index contributed by atoms with van der Waals surface area (Å²) in [5.41, 5.74) is 0. The van der Waals surface area contributed by atoms with Crippen LogP contribution < -0.4 is 10.6 Å². The van der Waals surface area contributed by atoms with Crippen LogP contribution in [0.25, 0.3) is 0 Å². The van der Waals surface area contributed by atoms with Gasteiger partial charge in [-0.25, -0.2) is 4.98 Å². The van der Waals surface area contributed by atoms with Gasteiger partial charge in [-0.05, 0) is 19.4 Å². The van der Waals surface area contributed by atoms with Crippen LogP contribution in [-0.4, -0.2) is 28.5 Å². The van der Waals surface area contributed by atoms with Gasteiger partial charge >= 0.3 is 0 Å². The third-order valence-corrected chi connectivity index (χ3v) is 2.12. The van der Waals surface area contributed by atoms with E-state index in [4.69, 9.17) is 0 Å². The van der Waals surface area contributed by atoms with E-state index in [1.165, 1.54) is 0 Å². The van der Waals surface area contributed by atoms with E-state index >= 15 is 0 Å². The van der Waals surface area contributed by atoms with Crippen molar-refractivity contribution in [2.75, 3.05) is 11.9 Å². The second-order valence-electron chi connectivity index (χ2n) is 3.08. The van der Waals surface area contributed by atoms with Crippen LogP contribution in [0, 0.1) is 0 Å². The molecular weight excluding hydrogens is 168 g/mol. The van der Waals surface area contributed by atoms with Gasteiger partial charge < -0.3 is 10.3 Å². The summed E-state index contributed by atoms with van der Waals surface area (Å²) in [6.07, 6.45) is 5.26. The summed E-state index contributed by atoms with van der Waals surface area (Å²) >= 11 is 0. The van der Waals surface area contributed by atoms with Gasteiger partial charge in [0.05, 0.1) is 6.04 Å². The Morgan fingerprint density at radius 2 is 2.62 bits per heavy atom. The first-order valence-electron chi connectivity index (χ1n) is 4.40. The Kier molecular flexibility index (Phi) is 2.27. The first-order valence-corrected chi connectivity index (χ1v) is 4.40. The Bertz CT molecular complexity index is 276. The summed E-state index contributed by atoms with van der Waals surface area (Å²) < 4.78 is 0. The molecule has 1 aliphatic rings. The summed E-state index contributed by atoms with van der Waals surface area (Å²) in [4.78, 5) is 18.2. The lowest BCUT2D eigenvalue weighted by atomic mass is 10.2. The highest BCUT2D eigenvalue weighted by Crippen LogP contribution is 2.06. The monoisotopic (exact) mass is 180 g/mol. The summed E-state index contributed by atoms with van der Waals surface area (Å²) in [5, 5.41) is 5.81. The first kappa shape index (κ1) is 8.25. The highest BCUT2D eigenvalue weighted by molar-refractivity contribution is 5.93. The van der Waals surface area contributed by atoms with Gasteiger partial charge in [0.2, 0.25) is 11.9 Å². The van der Waals surface area contributed by atoms with Crippen LogP contribution in [0.3, 0.4) is 0 Å². The molecule has 1 aliphatic heterocycles. The first-order chi connectivity index (χ1) is 6.36. The van der Waals surface area contributed by atoms with Crippen molar-refractivity contribution >= 4 is 11.9 Å². The van der Waals surface area contributed by atoms with Gasteiger partial charge in [-0.3, -0.25) is 10.1 Å². The molecule has 1 aromatic rings. The minimum atomic E-state index is -0.0508. The fraction of sp³-hybridized carbons (Fsp3) is 0.500. The third-order valence-electron chi connectivity index (χ3n) is 2.12. The van der Waals surface area contributed by atoms with Gasteiger partial charge in [-0.2, -0.15) is 0 Å². The molecule has 1 amide bonds. The Hall–Kier alpha value is -1.36. The van der Waals surface area contributed by atoms with E-state index in [1.807, 2.05) is 0 Å². The summed E-state index contributed by atoms with van der Waals surface area (Å²) in [6, 6.07) is -0.0508. The lowest BCUT2D eigenvalue weighted by Gasteiger charge is -2.08. The molecule has 70 valence electrons. The quantitative estimate of drug-likeness (QED) is 0.604. The Labute approximate surface area is 75.9 Å². The number of amides is 1. The fourth-order valence-corrected chi connectivity index (χ4v) is 1.45. The SMILES string of the molecule is O=C(Nc1ncc[nH]1)[C@H]1CCCN1.